The number of rotatable bonds is 4. The van der Waals surface area contributed by atoms with E-state index in [1.165, 1.54) is 11.1 Å². The third-order valence-electron chi connectivity index (χ3n) is 2.52. The normalized spacial score (nSPS) is 13.1. The molecular weight excluding hydrogens is 208 g/mol. The minimum atomic E-state index is 0.793. The molecular formula is C15H20N2. The quantitative estimate of drug-likeness (QED) is 0.612. The highest BCUT2D eigenvalue weighted by atomic mass is 14.8. The van der Waals surface area contributed by atoms with Crippen LogP contribution in [0.25, 0.3) is 6.08 Å². The van der Waals surface area contributed by atoms with E-state index in [1.54, 1.807) is 0 Å². The van der Waals surface area contributed by atoms with Crippen LogP contribution in [0.5, 0.6) is 0 Å². The maximum Gasteiger partial charge on any atom is 0.0314 e. The van der Waals surface area contributed by atoms with E-state index in [9.17, 15) is 0 Å². The van der Waals surface area contributed by atoms with Crippen molar-refractivity contribution in [2.75, 3.05) is 12.8 Å². The van der Waals surface area contributed by atoms with Crippen LogP contribution in [-0.2, 0) is 0 Å². The molecule has 1 rings (SSSR count). The van der Waals surface area contributed by atoms with Gasteiger partial charge in [0.15, 0.2) is 0 Å². The second-order valence-electron chi connectivity index (χ2n) is 3.86. The maximum absolute atomic E-state index is 5.66. The summed E-state index contributed by atoms with van der Waals surface area (Å²) in [5.74, 6) is 0. The molecule has 0 bridgehead atoms. The lowest BCUT2D eigenvalue weighted by molar-refractivity contribution is 1.10. The van der Waals surface area contributed by atoms with Crippen LogP contribution < -0.4 is 11.1 Å². The smallest absolute Gasteiger partial charge is 0.0314 e. The Morgan fingerprint density at radius 3 is 2.41 bits per heavy atom. The molecule has 0 spiro atoms. The summed E-state index contributed by atoms with van der Waals surface area (Å²) in [6.45, 7) is 4.14. The molecule has 0 amide bonds. The van der Waals surface area contributed by atoms with Crippen LogP contribution in [0, 0.1) is 0 Å². The number of nitrogen functional groups attached to an aromatic ring is 1. The Hall–Kier alpha value is -1.96. The van der Waals surface area contributed by atoms with Crippen LogP contribution in [0.2, 0.25) is 0 Å². The van der Waals surface area contributed by atoms with E-state index in [0.29, 0.717) is 0 Å². The predicted molar refractivity (Wildman–Crippen MR) is 76.5 cm³/mol. The summed E-state index contributed by atoms with van der Waals surface area (Å²) in [6.07, 6.45) is 8.23. The fourth-order valence-corrected chi connectivity index (χ4v) is 1.55. The van der Waals surface area contributed by atoms with E-state index < -0.39 is 0 Å². The molecule has 0 aliphatic heterocycles. The number of hydrogen-bond acceptors (Lipinski definition) is 2. The van der Waals surface area contributed by atoms with Gasteiger partial charge in [-0.05, 0) is 55.0 Å². The molecule has 17 heavy (non-hydrogen) atoms. The van der Waals surface area contributed by atoms with Crippen LogP contribution in [-0.4, -0.2) is 7.05 Å². The zero-order valence-corrected chi connectivity index (χ0v) is 10.7. The summed E-state index contributed by atoms with van der Waals surface area (Å²) in [5, 5.41) is 2.99. The lowest BCUT2D eigenvalue weighted by atomic mass is 10.0. The van der Waals surface area contributed by atoms with Crippen LogP contribution in [0.15, 0.2) is 53.8 Å². The molecule has 1 aromatic rings. The van der Waals surface area contributed by atoms with Crippen LogP contribution in [0.1, 0.15) is 19.4 Å². The highest BCUT2D eigenvalue weighted by Gasteiger charge is 1.95. The molecule has 0 aromatic heterocycles. The second-order valence-corrected chi connectivity index (χ2v) is 3.86. The molecule has 0 radical (unpaired) electrons. The van der Waals surface area contributed by atoms with Gasteiger partial charge in [-0.25, -0.2) is 0 Å². The van der Waals surface area contributed by atoms with Crippen molar-refractivity contribution in [3.05, 3.63) is 59.3 Å². The van der Waals surface area contributed by atoms with E-state index in [4.69, 9.17) is 5.73 Å². The second kappa shape index (κ2) is 6.59. The first-order valence-corrected chi connectivity index (χ1v) is 5.71. The Labute approximate surface area is 104 Å². The Kier molecular flexibility index (Phi) is 5.08. The van der Waals surface area contributed by atoms with Crippen LogP contribution in [0.4, 0.5) is 5.69 Å². The van der Waals surface area contributed by atoms with Gasteiger partial charge in [-0.2, -0.15) is 0 Å². The summed E-state index contributed by atoms with van der Waals surface area (Å²) in [6, 6.07) is 7.87. The SMILES string of the molecule is C/C=C(\C=C/NC)C(/C)=C/c1ccc(N)cc1. The number of anilines is 1. The summed E-state index contributed by atoms with van der Waals surface area (Å²) in [7, 11) is 1.89. The average molecular weight is 228 g/mol. The molecule has 0 saturated heterocycles. The molecule has 0 unspecified atom stereocenters. The number of nitrogens with two attached hydrogens (primary N) is 1. The van der Waals surface area contributed by atoms with Crippen molar-refractivity contribution < 1.29 is 0 Å². The molecule has 2 heteroatoms. The molecule has 0 heterocycles. The van der Waals surface area contributed by atoms with Gasteiger partial charge in [-0.3, -0.25) is 0 Å². The molecule has 90 valence electrons. The molecule has 3 N–H and O–H groups in total. The van der Waals surface area contributed by atoms with Crippen molar-refractivity contribution in [2.45, 2.75) is 13.8 Å². The highest BCUT2D eigenvalue weighted by Crippen LogP contribution is 2.16. The lowest BCUT2D eigenvalue weighted by Gasteiger charge is -2.03. The third-order valence-corrected chi connectivity index (χ3v) is 2.52. The number of nitrogens with one attached hydrogen (secondary N) is 1. The first-order chi connectivity index (χ1) is 8.17. The topological polar surface area (TPSA) is 38.0 Å². The van der Waals surface area contributed by atoms with Crippen molar-refractivity contribution in [3.8, 4) is 0 Å². The number of allylic oxidation sites excluding steroid dienone is 4. The van der Waals surface area contributed by atoms with E-state index in [-0.39, 0.29) is 0 Å². The Morgan fingerprint density at radius 1 is 1.24 bits per heavy atom. The van der Waals surface area contributed by atoms with Crippen molar-refractivity contribution >= 4 is 11.8 Å². The Balaban J connectivity index is 2.91. The Morgan fingerprint density at radius 2 is 1.88 bits per heavy atom. The van der Waals surface area contributed by atoms with E-state index >= 15 is 0 Å². The highest BCUT2D eigenvalue weighted by molar-refractivity contribution is 5.61. The van der Waals surface area contributed by atoms with Crippen LogP contribution in [0.3, 0.4) is 0 Å². The first kappa shape index (κ1) is 13.1. The zero-order valence-electron chi connectivity index (χ0n) is 10.7. The van der Waals surface area contributed by atoms with Crippen molar-refractivity contribution in [2.24, 2.45) is 0 Å². The van der Waals surface area contributed by atoms with E-state index in [2.05, 4.69) is 30.5 Å². The monoisotopic (exact) mass is 228 g/mol. The average Bonchev–Trinajstić information content (AvgIpc) is 2.33. The minimum absolute atomic E-state index is 0.793. The standard InChI is InChI=1S/C15H20N2/c1-4-14(9-10-17-3)12(2)11-13-5-7-15(16)8-6-13/h4-11,17H,16H2,1-3H3/b10-9-,12-11+,14-4+. The predicted octanol–water partition coefficient (Wildman–Crippen LogP) is 3.35. The number of benzene rings is 1. The van der Waals surface area contributed by atoms with Crippen molar-refractivity contribution in [1.29, 1.82) is 0 Å². The summed E-state index contributed by atoms with van der Waals surface area (Å²) in [5.41, 5.74) is 10.0. The van der Waals surface area contributed by atoms with Gasteiger partial charge in [-0.1, -0.05) is 24.3 Å². The van der Waals surface area contributed by atoms with Crippen molar-refractivity contribution in [1.82, 2.24) is 5.32 Å². The maximum atomic E-state index is 5.66. The minimum Gasteiger partial charge on any atom is -0.399 e. The molecule has 2 nitrogen and oxygen atoms in total. The van der Waals surface area contributed by atoms with Gasteiger partial charge in [0.05, 0.1) is 0 Å². The molecule has 0 atom stereocenters. The molecule has 0 aliphatic carbocycles. The van der Waals surface area contributed by atoms with Gasteiger partial charge in [0, 0.05) is 12.7 Å². The molecule has 1 aromatic carbocycles. The zero-order chi connectivity index (χ0) is 12.7. The van der Waals surface area contributed by atoms with Gasteiger partial charge in [-0.15, -0.1) is 0 Å². The van der Waals surface area contributed by atoms with E-state index in [1.807, 2.05) is 44.4 Å². The van der Waals surface area contributed by atoms with Gasteiger partial charge >= 0.3 is 0 Å². The van der Waals surface area contributed by atoms with Gasteiger partial charge in [0.1, 0.15) is 0 Å². The van der Waals surface area contributed by atoms with Gasteiger partial charge < -0.3 is 11.1 Å². The van der Waals surface area contributed by atoms with Gasteiger partial charge in [0.2, 0.25) is 0 Å². The largest absolute Gasteiger partial charge is 0.399 e. The summed E-state index contributed by atoms with van der Waals surface area (Å²) >= 11 is 0. The fraction of sp³-hybridized carbons (Fsp3) is 0.200. The summed E-state index contributed by atoms with van der Waals surface area (Å²) in [4.78, 5) is 0. The van der Waals surface area contributed by atoms with Gasteiger partial charge in [0.25, 0.3) is 0 Å². The Bertz CT molecular complexity index is 436. The lowest BCUT2D eigenvalue weighted by Crippen LogP contribution is -1.92. The van der Waals surface area contributed by atoms with Crippen molar-refractivity contribution in [3.63, 3.8) is 0 Å². The number of hydrogen-bond donors (Lipinski definition) is 2. The van der Waals surface area contributed by atoms with Crippen LogP contribution >= 0.6 is 0 Å². The molecule has 0 aliphatic rings. The first-order valence-electron chi connectivity index (χ1n) is 5.71. The molecule has 0 fully saturated rings. The van der Waals surface area contributed by atoms with E-state index in [0.717, 1.165) is 11.3 Å². The summed E-state index contributed by atoms with van der Waals surface area (Å²) < 4.78 is 0. The fourth-order valence-electron chi connectivity index (χ4n) is 1.55. The third kappa shape index (κ3) is 4.19. The molecule has 0 saturated carbocycles.